The van der Waals surface area contributed by atoms with E-state index in [0.29, 0.717) is 34.2 Å². The van der Waals surface area contributed by atoms with E-state index in [-0.39, 0.29) is 5.82 Å². The minimum absolute atomic E-state index is 0.358. The van der Waals surface area contributed by atoms with Crippen molar-refractivity contribution in [2.75, 3.05) is 37.5 Å². The average Bonchev–Trinajstić information content (AvgIpc) is 3.27. The van der Waals surface area contributed by atoms with Gasteiger partial charge in [0.1, 0.15) is 34.0 Å². The van der Waals surface area contributed by atoms with Gasteiger partial charge in [0.2, 0.25) is 0 Å². The smallest absolute Gasteiger partial charge is 0.137 e. The third kappa shape index (κ3) is 3.74. The second-order valence-corrected chi connectivity index (χ2v) is 9.89. The van der Waals surface area contributed by atoms with Crippen molar-refractivity contribution in [2.45, 2.75) is 24.9 Å². The molecule has 4 aromatic rings. The van der Waals surface area contributed by atoms with Gasteiger partial charge >= 0.3 is 0 Å². The summed E-state index contributed by atoms with van der Waals surface area (Å²) in [7, 11) is 3.75. The van der Waals surface area contributed by atoms with Gasteiger partial charge in [-0.2, -0.15) is 0 Å². The van der Waals surface area contributed by atoms with Crippen LogP contribution in [-0.4, -0.2) is 59.2 Å². The average molecular weight is 477 g/mol. The molecular formula is C25H25FN6OS. The Kier molecular flexibility index (Phi) is 5.30. The molecule has 0 radical (unpaired) electrons. The molecule has 7 rings (SSSR count). The Labute approximate surface area is 201 Å². The number of piperazine rings is 1. The fraction of sp³-hybridized carbons (Fsp3) is 0.320. The molecule has 3 saturated heterocycles. The van der Waals surface area contributed by atoms with E-state index in [4.69, 9.17) is 9.72 Å². The monoisotopic (exact) mass is 476 g/mol. The highest BCUT2D eigenvalue weighted by molar-refractivity contribution is 7.21. The number of nitrogens with zero attached hydrogens (tertiary/aromatic N) is 5. The summed E-state index contributed by atoms with van der Waals surface area (Å²) in [6, 6.07) is 13.8. The zero-order valence-electron chi connectivity index (χ0n) is 19.0. The quantitative estimate of drug-likeness (QED) is 0.438. The topological polar surface area (TPSA) is 66.4 Å². The van der Waals surface area contributed by atoms with Crippen LogP contribution in [0.15, 0.2) is 48.7 Å². The molecule has 34 heavy (non-hydrogen) atoms. The van der Waals surface area contributed by atoms with Gasteiger partial charge in [0.15, 0.2) is 0 Å². The SMILES string of the molecule is COc1cccc(F)c1-c1nc2cc(Nc3cccc(N4CC5CCC4CN5C)n3)ncc2s1. The third-order valence-electron chi connectivity index (χ3n) is 6.77. The van der Waals surface area contributed by atoms with Gasteiger partial charge in [-0.25, -0.2) is 19.3 Å². The van der Waals surface area contributed by atoms with Crippen molar-refractivity contribution in [1.29, 1.82) is 0 Å². The summed E-state index contributed by atoms with van der Waals surface area (Å²) in [5, 5.41) is 3.88. The lowest BCUT2D eigenvalue weighted by molar-refractivity contribution is 0.124. The first-order valence-corrected chi connectivity index (χ1v) is 12.2. The molecule has 1 aromatic carbocycles. The van der Waals surface area contributed by atoms with Crippen LogP contribution in [0, 0.1) is 5.82 Å². The number of fused-ring (bicyclic) bond motifs is 4. The molecule has 2 bridgehead atoms. The Balaban J connectivity index is 1.26. The van der Waals surface area contributed by atoms with Crippen LogP contribution in [0.2, 0.25) is 0 Å². The number of piperidine rings is 2. The number of ether oxygens (including phenoxy) is 1. The number of pyridine rings is 2. The zero-order chi connectivity index (χ0) is 23.2. The minimum atomic E-state index is -0.358. The molecule has 174 valence electrons. The normalized spacial score (nSPS) is 20.1. The second kappa shape index (κ2) is 8.48. The maximum atomic E-state index is 14.5. The molecule has 3 aliphatic rings. The van der Waals surface area contributed by atoms with E-state index >= 15 is 0 Å². The molecule has 9 heteroatoms. The molecule has 3 fully saturated rings. The van der Waals surface area contributed by atoms with Crippen molar-refractivity contribution in [2.24, 2.45) is 0 Å². The Morgan fingerprint density at radius 1 is 1.06 bits per heavy atom. The number of thiazole rings is 1. The van der Waals surface area contributed by atoms with E-state index in [9.17, 15) is 4.39 Å². The van der Waals surface area contributed by atoms with Crippen LogP contribution in [-0.2, 0) is 0 Å². The largest absolute Gasteiger partial charge is 0.496 e. The lowest BCUT2D eigenvalue weighted by Gasteiger charge is -2.50. The van der Waals surface area contributed by atoms with Crippen LogP contribution in [0.3, 0.4) is 0 Å². The number of hydrogen-bond donors (Lipinski definition) is 1. The maximum absolute atomic E-state index is 14.5. The fourth-order valence-electron chi connectivity index (χ4n) is 5.00. The first-order valence-electron chi connectivity index (χ1n) is 11.4. The number of likely N-dealkylation sites (N-methyl/N-ethyl adjacent to an activating group) is 1. The lowest BCUT2D eigenvalue weighted by atomic mass is 9.91. The molecule has 2 atom stereocenters. The van der Waals surface area contributed by atoms with Crippen molar-refractivity contribution in [3.63, 3.8) is 0 Å². The van der Waals surface area contributed by atoms with Gasteiger partial charge in [-0.3, -0.25) is 4.90 Å². The first-order chi connectivity index (χ1) is 16.6. The van der Waals surface area contributed by atoms with Crippen LogP contribution in [0.25, 0.3) is 20.8 Å². The van der Waals surface area contributed by atoms with E-state index in [0.717, 1.165) is 34.9 Å². The van der Waals surface area contributed by atoms with Gasteiger partial charge in [-0.05, 0) is 44.2 Å². The number of benzene rings is 1. The number of anilines is 3. The fourth-order valence-corrected chi connectivity index (χ4v) is 5.96. The molecule has 0 aliphatic carbocycles. The lowest BCUT2D eigenvalue weighted by Crippen LogP contribution is -2.61. The molecular weight excluding hydrogens is 451 g/mol. The minimum Gasteiger partial charge on any atom is -0.496 e. The maximum Gasteiger partial charge on any atom is 0.137 e. The molecule has 6 heterocycles. The van der Waals surface area contributed by atoms with Crippen molar-refractivity contribution in [3.05, 3.63) is 54.5 Å². The summed E-state index contributed by atoms with van der Waals surface area (Å²) >= 11 is 1.39. The van der Waals surface area contributed by atoms with Crippen molar-refractivity contribution < 1.29 is 9.13 Å². The van der Waals surface area contributed by atoms with E-state index in [1.54, 1.807) is 18.3 Å². The van der Waals surface area contributed by atoms with Gasteiger partial charge in [-0.15, -0.1) is 11.3 Å². The van der Waals surface area contributed by atoms with Crippen LogP contribution in [0.1, 0.15) is 12.8 Å². The summed E-state index contributed by atoms with van der Waals surface area (Å²) in [5.41, 5.74) is 1.12. The standard InChI is InChI=1S/C25H25FN6OS/c1-31-13-16-10-9-15(31)14-32(16)23-8-4-7-21(30-23)29-22-11-18-20(12-27-22)34-25(28-18)24-17(26)5-3-6-19(24)33-2/h3-8,11-12,15-16H,9-10,13-14H2,1-2H3,(H,27,29,30). The Hall–Kier alpha value is -3.30. The van der Waals surface area contributed by atoms with Gasteiger partial charge in [0.05, 0.1) is 22.9 Å². The van der Waals surface area contributed by atoms with Crippen molar-refractivity contribution in [3.8, 4) is 16.3 Å². The van der Waals surface area contributed by atoms with Crippen LogP contribution < -0.4 is 15.0 Å². The third-order valence-corrected chi connectivity index (χ3v) is 7.80. The number of nitrogens with one attached hydrogen (secondary N) is 1. The van der Waals surface area contributed by atoms with Crippen LogP contribution in [0.5, 0.6) is 5.75 Å². The number of halogens is 1. The Bertz CT molecular complexity index is 1360. The molecule has 7 nitrogen and oxygen atoms in total. The Morgan fingerprint density at radius 3 is 2.71 bits per heavy atom. The highest BCUT2D eigenvalue weighted by atomic mass is 32.1. The molecule has 0 amide bonds. The van der Waals surface area contributed by atoms with E-state index in [1.165, 1.54) is 37.4 Å². The molecule has 0 spiro atoms. The summed E-state index contributed by atoms with van der Waals surface area (Å²) in [5.74, 6) is 2.49. The summed E-state index contributed by atoms with van der Waals surface area (Å²) in [4.78, 5) is 19.0. The molecule has 0 saturated carbocycles. The summed E-state index contributed by atoms with van der Waals surface area (Å²) in [6.45, 7) is 2.10. The Morgan fingerprint density at radius 2 is 1.91 bits per heavy atom. The van der Waals surface area contributed by atoms with Crippen molar-refractivity contribution in [1.82, 2.24) is 19.9 Å². The molecule has 3 aromatic heterocycles. The van der Waals surface area contributed by atoms with Crippen LogP contribution >= 0.6 is 11.3 Å². The first kappa shape index (κ1) is 21.2. The summed E-state index contributed by atoms with van der Waals surface area (Å²) in [6.07, 6.45) is 4.23. The van der Waals surface area contributed by atoms with Crippen molar-refractivity contribution >= 4 is 39.0 Å². The molecule has 2 unspecified atom stereocenters. The second-order valence-electron chi connectivity index (χ2n) is 8.86. The van der Waals surface area contributed by atoms with E-state index < -0.39 is 0 Å². The number of rotatable bonds is 5. The number of hydrogen-bond acceptors (Lipinski definition) is 8. The van der Waals surface area contributed by atoms with Gasteiger partial charge in [0.25, 0.3) is 0 Å². The predicted molar refractivity (Wildman–Crippen MR) is 134 cm³/mol. The number of methoxy groups -OCH3 is 1. The van der Waals surface area contributed by atoms with Gasteiger partial charge in [-0.1, -0.05) is 12.1 Å². The zero-order valence-corrected chi connectivity index (χ0v) is 19.8. The highest BCUT2D eigenvalue weighted by Crippen LogP contribution is 2.38. The predicted octanol–water partition coefficient (Wildman–Crippen LogP) is 4.93. The number of aromatic nitrogens is 3. The molecule has 3 aliphatic heterocycles. The van der Waals surface area contributed by atoms with E-state index in [2.05, 4.69) is 38.2 Å². The highest BCUT2D eigenvalue weighted by Gasteiger charge is 2.37. The van der Waals surface area contributed by atoms with Gasteiger partial charge in [0, 0.05) is 37.4 Å². The van der Waals surface area contributed by atoms with E-state index in [1.807, 2.05) is 18.2 Å². The molecule has 1 N–H and O–H groups in total. The van der Waals surface area contributed by atoms with Gasteiger partial charge < -0.3 is 15.0 Å². The van der Waals surface area contributed by atoms with Crippen LogP contribution in [0.4, 0.5) is 21.8 Å². The summed E-state index contributed by atoms with van der Waals surface area (Å²) < 4.78 is 20.8.